The first-order valence-electron chi connectivity index (χ1n) is 6.89. The van der Waals surface area contributed by atoms with E-state index in [9.17, 15) is 0 Å². The van der Waals surface area contributed by atoms with Crippen LogP contribution in [0.25, 0.3) is 5.57 Å². The van der Waals surface area contributed by atoms with Crippen LogP contribution in [0.15, 0.2) is 65.8 Å². The predicted molar refractivity (Wildman–Crippen MR) is 85.2 cm³/mol. The normalized spacial score (nSPS) is 25.9. The first kappa shape index (κ1) is 13.6. The smallest absolute Gasteiger partial charge is 0.00288 e. The summed E-state index contributed by atoms with van der Waals surface area (Å²) in [5.41, 5.74) is 6.88. The zero-order chi connectivity index (χ0) is 13.8. The Balaban J connectivity index is 2.65. The molecule has 0 aliphatic heterocycles. The predicted octanol–water partition coefficient (Wildman–Crippen LogP) is 5.66. The van der Waals surface area contributed by atoms with Crippen LogP contribution in [0.2, 0.25) is 0 Å². The van der Waals surface area contributed by atoms with Gasteiger partial charge in [0.15, 0.2) is 0 Å². The van der Waals surface area contributed by atoms with Crippen LogP contribution in [0.4, 0.5) is 0 Å². The Morgan fingerprint density at radius 1 is 0.895 bits per heavy atom. The molecule has 98 valence electrons. The summed E-state index contributed by atoms with van der Waals surface area (Å²) in [6.07, 6.45) is 10.7. The number of hydrogen-bond donors (Lipinski definition) is 0. The fourth-order valence-corrected chi connectivity index (χ4v) is 2.49. The van der Waals surface area contributed by atoms with Gasteiger partial charge in [0.05, 0.1) is 0 Å². The standard InChI is InChI=1S/C19H22/c1-14-10-6-5-7-11-15(2)18-12-8-9-13-19(18)17(4)16(14)3/h5-13,17H,1-4H3/b7-5-,10-6-,15-11+,16-14?. The number of allylic oxidation sites excluding steroid dienone is 8. The van der Waals surface area contributed by atoms with Crippen LogP contribution in [0.3, 0.4) is 0 Å². The summed E-state index contributed by atoms with van der Waals surface area (Å²) < 4.78 is 0. The van der Waals surface area contributed by atoms with E-state index in [-0.39, 0.29) is 0 Å². The molecule has 0 aromatic heterocycles. The second kappa shape index (κ2) is 5.88. The summed E-state index contributed by atoms with van der Waals surface area (Å²) in [7, 11) is 0. The third kappa shape index (κ3) is 2.96. The molecule has 0 N–H and O–H groups in total. The Morgan fingerprint density at radius 2 is 1.63 bits per heavy atom. The molecule has 1 atom stereocenters. The molecule has 0 fully saturated rings. The molecule has 2 rings (SSSR count). The molecule has 0 nitrogen and oxygen atoms in total. The highest BCUT2D eigenvalue weighted by Gasteiger charge is 2.14. The van der Waals surface area contributed by atoms with Crippen molar-refractivity contribution in [1.82, 2.24) is 0 Å². The van der Waals surface area contributed by atoms with E-state index in [4.69, 9.17) is 0 Å². The van der Waals surface area contributed by atoms with Crippen molar-refractivity contribution in [2.24, 2.45) is 0 Å². The topological polar surface area (TPSA) is 0 Å². The summed E-state index contributed by atoms with van der Waals surface area (Å²) in [4.78, 5) is 0. The zero-order valence-electron chi connectivity index (χ0n) is 12.3. The molecule has 1 unspecified atom stereocenters. The minimum Gasteiger partial charge on any atom is -0.0632 e. The molecular weight excluding hydrogens is 228 g/mol. The van der Waals surface area contributed by atoms with Gasteiger partial charge in [-0.2, -0.15) is 0 Å². The first-order valence-corrected chi connectivity index (χ1v) is 6.89. The van der Waals surface area contributed by atoms with E-state index in [2.05, 4.69) is 82.3 Å². The van der Waals surface area contributed by atoms with Crippen LogP contribution in [0, 0.1) is 0 Å². The van der Waals surface area contributed by atoms with Crippen LogP contribution in [0.1, 0.15) is 44.7 Å². The molecule has 1 aliphatic rings. The third-order valence-electron chi connectivity index (χ3n) is 4.04. The maximum atomic E-state index is 2.30. The lowest BCUT2D eigenvalue weighted by Gasteiger charge is -2.19. The van der Waals surface area contributed by atoms with Crippen molar-refractivity contribution in [3.63, 3.8) is 0 Å². The summed E-state index contributed by atoms with van der Waals surface area (Å²) in [6, 6.07) is 8.73. The quantitative estimate of drug-likeness (QED) is 0.557. The van der Waals surface area contributed by atoms with Gasteiger partial charge >= 0.3 is 0 Å². The van der Waals surface area contributed by atoms with Gasteiger partial charge in [0, 0.05) is 5.92 Å². The molecule has 0 bridgehead atoms. The van der Waals surface area contributed by atoms with Crippen LogP contribution in [0.5, 0.6) is 0 Å². The molecule has 0 saturated heterocycles. The second-order valence-corrected chi connectivity index (χ2v) is 5.27. The van der Waals surface area contributed by atoms with E-state index in [0.717, 1.165) is 0 Å². The Kier molecular flexibility index (Phi) is 4.21. The van der Waals surface area contributed by atoms with Gasteiger partial charge in [0.2, 0.25) is 0 Å². The van der Waals surface area contributed by atoms with E-state index in [1.165, 1.54) is 27.8 Å². The van der Waals surface area contributed by atoms with Gasteiger partial charge in [-0.3, -0.25) is 0 Å². The van der Waals surface area contributed by atoms with E-state index >= 15 is 0 Å². The Bertz CT molecular complexity index is 580. The van der Waals surface area contributed by atoms with Crippen molar-refractivity contribution in [3.05, 3.63) is 76.9 Å². The first-order chi connectivity index (χ1) is 9.11. The molecule has 1 aromatic rings. The van der Waals surface area contributed by atoms with Crippen LogP contribution < -0.4 is 0 Å². The summed E-state index contributed by atoms with van der Waals surface area (Å²) >= 11 is 0. The average molecular weight is 250 g/mol. The fourth-order valence-electron chi connectivity index (χ4n) is 2.49. The van der Waals surface area contributed by atoms with Crippen LogP contribution in [-0.2, 0) is 0 Å². The van der Waals surface area contributed by atoms with E-state index in [1.54, 1.807) is 0 Å². The fraction of sp³-hybridized carbons (Fsp3) is 0.263. The lowest BCUT2D eigenvalue weighted by atomic mass is 9.86. The van der Waals surface area contributed by atoms with Gasteiger partial charge in [-0.15, -0.1) is 0 Å². The highest BCUT2D eigenvalue weighted by Crippen LogP contribution is 2.32. The monoisotopic (exact) mass is 250 g/mol. The Hall–Kier alpha value is -1.82. The molecule has 0 heteroatoms. The molecule has 0 amide bonds. The van der Waals surface area contributed by atoms with Gasteiger partial charge < -0.3 is 0 Å². The van der Waals surface area contributed by atoms with Gasteiger partial charge in [-0.1, -0.05) is 72.7 Å². The van der Waals surface area contributed by atoms with Crippen molar-refractivity contribution >= 4 is 5.57 Å². The summed E-state index contributed by atoms with van der Waals surface area (Å²) in [5, 5.41) is 0. The molecular formula is C19H22. The molecule has 0 heterocycles. The molecule has 1 aromatic carbocycles. The maximum absolute atomic E-state index is 2.30. The highest BCUT2D eigenvalue weighted by molar-refractivity contribution is 5.69. The minimum atomic E-state index is 0.447. The van der Waals surface area contributed by atoms with Crippen molar-refractivity contribution in [3.8, 4) is 0 Å². The number of benzene rings is 1. The zero-order valence-corrected chi connectivity index (χ0v) is 12.3. The number of rotatable bonds is 0. The third-order valence-corrected chi connectivity index (χ3v) is 4.04. The number of hydrogen-bond acceptors (Lipinski definition) is 0. The van der Waals surface area contributed by atoms with Crippen LogP contribution in [-0.4, -0.2) is 0 Å². The second-order valence-electron chi connectivity index (χ2n) is 5.27. The Morgan fingerprint density at radius 3 is 2.42 bits per heavy atom. The molecule has 19 heavy (non-hydrogen) atoms. The summed E-state index contributed by atoms with van der Waals surface area (Å²) in [6.45, 7) is 8.91. The Labute approximate surface area is 116 Å². The van der Waals surface area contributed by atoms with Gasteiger partial charge in [-0.05, 0) is 37.5 Å². The maximum Gasteiger partial charge on any atom is 0.00288 e. The number of fused-ring (bicyclic) bond motifs is 1. The SMILES string of the molecule is CC1=C(C)C(C)c2ccccc2/C(C)=C/C=C\C=C/1. The minimum absolute atomic E-state index is 0.447. The van der Waals surface area contributed by atoms with Gasteiger partial charge in [-0.25, -0.2) is 0 Å². The van der Waals surface area contributed by atoms with Crippen molar-refractivity contribution in [2.75, 3.05) is 0 Å². The molecule has 1 aliphatic carbocycles. The molecule has 0 spiro atoms. The van der Waals surface area contributed by atoms with E-state index < -0.39 is 0 Å². The lowest BCUT2D eigenvalue weighted by Crippen LogP contribution is -2.01. The van der Waals surface area contributed by atoms with Crippen molar-refractivity contribution in [1.29, 1.82) is 0 Å². The molecule has 0 radical (unpaired) electrons. The van der Waals surface area contributed by atoms with Gasteiger partial charge in [0.25, 0.3) is 0 Å². The van der Waals surface area contributed by atoms with Gasteiger partial charge in [0.1, 0.15) is 0 Å². The highest BCUT2D eigenvalue weighted by atomic mass is 14.2. The lowest BCUT2D eigenvalue weighted by molar-refractivity contribution is 0.877. The van der Waals surface area contributed by atoms with E-state index in [1.807, 2.05) is 0 Å². The van der Waals surface area contributed by atoms with Crippen LogP contribution >= 0.6 is 0 Å². The van der Waals surface area contributed by atoms with Crippen molar-refractivity contribution < 1.29 is 0 Å². The summed E-state index contributed by atoms with van der Waals surface area (Å²) in [5.74, 6) is 0.447. The van der Waals surface area contributed by atoms with E-state index in [0.29, 0.717) is 5.92 Å². The molecule has 0 saturated carbocycles. The largest absolute Gasteiger partial charge is 0.0632 e. The average Bonchev–Trinajstić information content (AvgIpc) is 2.45. The van der Waals surface area contributed by atoms with Crippen molar-refractivity contribution in [2.45, 2.75) is 33.6 Å².